The minimum Gasteiger partial charge on any atom is -0.758 e. The van der Waals surface area contributed by atoms with Crippen molar-refractivity contribution in [2.75, 3.05) is 11.6 Å². The van der Waals surface area contributed by atoms with Gasteiger partial charge in [0.05, 0.1) is 4.92 Å². The summed E-state index contributed by atoms with van der Waals surface area (Å²) in [6.07, 6.45) is 1.64. The van der Waals surface area contributed by atoms with Gasteiger partial charge in [0.15, 0.2) is 0 Å². The Morgan fingerprint density at radius 2 is 2.21 bits per heavy atom. The summed E-state index contributed by atoms with van der Waals surface area (Å²) in [4.78, 5) is 9.99. The fraction of sp³-hybridized carbons (Fsp3) is 0.333. The number of rotatable bonds is 1. The number of nitro benzene ring substituents is 1. The highest BCUT2D eigenvalue weighted by molar-refractivity contribution is 5.61. The van der Waals surface area contributed by atoms with Gasteiger partial charge in [0.25, 0.3) is 5.69 Å². The average Bonchev–Trinajstić information content (AvgIpc) is 2.18. The number of hydroxylamine groups is 1. The highest BCUT2D eigenvalue weighted by Gasteiger charge is 2.14. The number of non-ortho nitro benzene ring substituents is 1. The van der Waals surface area contributed by atoms with Gasteiger partial charge >= 0.3 is 0 Å². The number of nitro groups is 1. The summed E-state index contributed by atoms with van der Waals surface area (Å²) < 4.78 is 0. The van der Waals surface area contributed by atoms with Crippen molar-refractivity contribution in [2.24, 2.45) is 0 Å². The topological polar surface area (TPSA) is 69.4 Å². The highest BCUT2D eigenvalue weighted by atomic mass is 16.6. The second-order valence-corrected chi connectivity index (χ2v) is 3.28. The molecule has 1 aliphatic heterocycles. The third kappa shape index (κ3) is 1.42. The Kier molecular flexibility index (Phi) is 2.09. The lowest BCUT2D eigenvalue weighted by Gasteiger charge is -2.36. The van der Waals surface area contributed by atoms with Crippen LogP contribution in [0.25, 0.3) is 0 Å². The highest BCUT2D eigenvalue weighted by Crippen LogP contribution is 2.29. The van der Waals surface area contributed by atoms with E-state index in [1.165, 1.54) is 12.1 Å². The van der Waals surface area contributed by atoms with Crippen molar-refractivity contribution < 1.29 is 4.92 Å². The van der Waals surface area contributed by atoms with Crippen LogP contribution in [0.5, 0.6) is 0 Å². The SMILES string of the molecule is O=[N+]([O-])c1ccc2c(c1)N([O-])CCC2. The van der Waals surface area contributed by atoms with Crippen molar-refractivity contribution in [1.82, 2.24) is 0 Å². The molecule has 0 saturated carbocycles. The lowest BCUT2D eigenvalue weighted by molar-refractivity contribution is -0.384. The summed E-state index contributed by atoms with van der Waals surface area (Å²) in [6, 6.07) is 4.46. The van der Waals surface area contributed by atoms with Gasteiger partial charge in [-0.1, -0.05) is 6.07 Å². The predicted octanol–water partition coefficient (Wildman–Crippen LogP) is 1.85. The minimum atomic E-state index is -0.483. The Morgan fingerprint density at radius 1 is 1.43 bits per heavy atom. The lowest BCUT2D eigenvalue weighted by atomic mass is 10.0. The zero-order valence-electron chi connectivity index (χ0n) is 7.47. The largest absolute Gasteiger partial charge is 0.758 e. The maximum Gasteiger partial charge on any atom is 0.271 e. The zero-order valence-corrected chi connectivity index (χ0v) is 7.47. The first-order chi connectivity index (χ1) is 6.68. The smallest absolute Gasteiger partial charge is 0.271 e. The first-order valence-electron chi connectivity index (χ1n) is 4.40. The van der Waals surface area contributed by atoms with Gasteiger partial charge in [-0.3, -0.25) is 10.1 Å². The maximum atomic E-state index is 11.4. The first kappa shape index (κ1) is 8.96. The fourth-order valence-corrected chi connectivity index (χ4v) is 1.64. The van der Waals surface area contributed by atoms with Crippen molar-refractivity contribution >= 4 is 11.4 Å². The summed E-state index contributed by atoms with van der Waals surface area (Å²) in [7, 11) is 0. The van der Waals surface area contributed by atoms with Crippen LogP contribution in [-0.2, 0) is 6.42 Å². The number of aryl methyl sites for hydroxylation is 1. The molecule has 0 atom stereocenters. The second-order valence-electron chi connectivity index (χ2n) is 3.28. The normalized spacial score (nSPS) is 15.1. The third-order valence-corrected chi connectivity index (χ3v) is 2.36. The van der Waals surface area contributed by atoms with Gasteiger partial charge in [-0.2, -0.15) is 0 Å². The Hall–Kier alpha value is -1.62. The third-order valence-electron chi connectivity index (χ3n) is 2.36. The van der Waals surface area contributed by atoms with Crippen LogP contribution >= 0.6 is 0 Å². The molecule has 0 bridgehead atoms. The van der Waals surface area contributed by atoms with E-state index in [4.69, 9.17) is 0 Å². The quantitative estimate of drug-likeness (QED) is 0.504. The minimum absolute atomic E-state index is 0.0218. The zero-order chi connectivity index (χ0) is 10.1. The Labute approximate surface area is 80.7 Å². The Morgan fingerprint density at radius 3 is 2.93 bits per heavy atom. The summed E-state index contributed by atoms with van der Waals surface area (Å²) in [6.45, 7) is 0.425. The lowest BCUT2D eigenvalue weighted by Crippen LogP contribution is -2.22. The number of benzene rings is 1. The molecule has 0 N–H and O–H groups in total. The van der Waals surface area contributed by atoms with Crippen LogP contribution in [0.4, 0.5) is 11.4 Å². The molecule has 5 nitrogen and oxygen atoms in total. The predicted molar refractivity (Wildman–Crippen MR) is 52.1 cm³/mol. The van der Waals surface area contributed by atoms with E-state index in [1.54, 1.807) is 6.07 Å². The molecule has 0 spiro atoms. The van der Waals surface area contributed by atoms with Gasteiger partial charge < -0.3 is 10.3 Å². The number of hydrogen-bond donors (Lipinski definition) is 0. The standard InChI is InChI=1S/C9H9N2O3/c12-10-5-1-2-7-3-4-8(11(13)14)6-9(7)10/h3-4,6H,1-2,5H2/q-1. The summed E-state index contributed by atoms with van der Waals surface area (Å²) in [5, 5.41) is 22.7. The molecule has 0 saturated heterocycles. The van der Waals surface area contributed by atoms with E-state index >= 15 is 0 Å². The number of nitrogens with zero attached hydrogens (tertiary/aromatic N) is 2. The van der Waals surface area contributed by atoms with E-state index in [9.17, 15) is 15.3 Å². The van der Waals surface area contributed by atoms with E-state index < -0.39 is 4.92 Å². The van der Waals surface area contributed by atoms with E-state index in [2.05, 4.69) is 0 Å². The van der Waals surface area contributed by atoms with Crippen molar-refractivity contribution in [3.8, 4) is 0 Å². The van der Waals surface area contributed by atoms with Gasteiger partial charge in [-0.05, 0) is 18.4 Å². The molecule has 1 heterocycles. The monoisotopic (exact) mass is 193 g/mol. The molecule has 14 heavy (non-hydrogen) atoms. The van der Waals surface area contributed by atoms with Gasteiger partial charge in [-0.15, -0.1) is 0 Å². The van der Waals surface area contributed by atoms with Gasteiger partial charge in [0, 0.05) is 24.4 Å². The molecule has 0 aliphatic carbocycles. The van der Waals surface area contributed by atoms with Gasteiger partial charge in [0.1, 0.15) is 0 Å². The number of fused-ring (bicyclic) bond motifs is 1. The van der Waals surface area contributed by atoms with Crippen molar-refractivity contribution in [3.63, 3.8) is 0 Å². The van der Waals surface area contributed by atoms with Gasteiger partial charge in [-0.25, -0.2) is 0 Å². The van der Waals surface area contributed by atoms with E-state index in [1.807, 2.05) is 0 Å². The molecule has 0 unspecified atom stereocenters. The van der Waals surface area contributed by atoms with Crippen molar-refractivity contribution in [2.45, 2.75) is 12.8 Å². The second kappa shape index (κ2) is 3.26. The summed E-state index contributed by atoms with van der Waals surface area (Å²) in [5.41, 5.74) is 1.33. The average molecular weight is 193 g/mol. The molecule has 0 fully saturated rings. The molecular formula is C9H9N2O3-. The Balaban J connectivity index is 2.45. The van der Waals surface area contributed by atoms with Gasteiger partial charge in [0.2, 0.25) is 0 Å². The van der Waals surface area contributed by atoms with Crippen LogP contribution in [0.3, 0.4) is 0 Å². The molecule has 0 aromatic heterocycles. The van der Waals surface area contributed by atoms with Crippen LogP contribution in [0.15, 0.2) is 18.2 Å². The number of anilines is 1. The molecule has 1 aliphatic rings. The fourth-order valence-electron chi connectivity index (χ4n) is 1.64. The molecule has 2 rings (SSSR count). The first-order valence-corrected chi connectivity index (χ1v) is 4.40. The van der Waals surface area contributed by atoms with E-state index in [-0.39, 0.29) is 5.69 Å². The molecule has 1 aromatic carbocycles. The Bertz CT molecular complexity index is 378. The summed E-state index contributed by atoms with van der Waals surface area (Å²) in [5.74, 6) is 0. The van der Waals surface area contributed by atoms with Crippen molar-refractivity contribution in [1.29, 1.82) is 0 Å². The molecular weight excluding hydrogens is 184 g/mol. The van der Waals surface area contributed by atoms with Crippen molar-refractivity contribution in [3.05, 3.63) is 39.1 Å². The van der Waals surface area contributed by atoms with Crippen LogP contribution in [-0.4, -0.2) is 11.5 Å². The summed E-state index contributed by atoms with van der Waals surface area (Å²) >= 11 is 0. The van der Waals surface area contributed by atoms with Crippen LogP contribution < -0.4 is 5.06 Å². The molecule has 5 heteroatoms. The van der Waals surface area contributed by atoms with E-state index in [0.717, 1.165) is 23.5 Å². The molecule has 1 aromatic rings. The van der Waals surface area contributed by atoms with E-state index in [0.29, 0.717) is 12.2 Å². The molecule has 74 valence electrons. The van der Waals surface area contributed by atoms with Crippen LogP contribution in [0, 0.1) is 15.3 Å². The molecule has 0 amide bonds. The molecule has 0 radical (unpaired) electrons. The maximum absolute atomic E-state index is 11.4. The number of hydrogen-bond acceptors (Lipinski definition) is 4. The van der Waals surface area contributed by atoms with Crippen LogP contribution in [0.2, 0.25) is 0 Å². The van der Waals surface area contributed by atoms with Crippen LogP contribution in [0.1, 0.15) is 12.0 Å².